The monoisotopic (exact) mass is 454 g/mol. The quantitative estimate of drug-likeness (QED) is 0.378. The van der Waals surface area contributed by atoms with E-state index in [1.807, 2.05) is 11.3 Å². The van der Waals surface area contributed by atoms with Gasteiger partial charge >= 0.3 is 163 Å². The molecule has 4 heteroatoms. The SMILES string of the molecule is CCCC[C](CCCC)(CCCC)[Sn][c]1cn2c(C)nc(C)c2s1. The zero-order chi connectivity index (χ0) is 17.6. The van der Waals surface area contributed by atoms with Crippen LogP contribution in [0.25, 0.3) is 4.83 Å². The van der Waals surface area contributed by atoms with E-state index in [-0.39, 0.29) is 0 Å². The molecule has 0 unspecified atom stereocenters. The van der Waals surface area contributed by atoms with Crippen LogP contribution in [0.4, 0.5) is 0 Å². The molecule has 0 fully saturated rings. The van der Waals surface area contributed by atoms with Crippen LogP contribution in [0.1, 0.15) is 90.1 Å². The van der Waals surface area contributed by atoms with Gasteiger partial charge in [-0.1, -0.05) is 0 Å². The van der Waals surface area contributed by atoms with Crippen LogP contribution in [0.3, 0.4) is 0 Å². The second kappa shape index (κ2) is 9.61. The first kappa shape index (κ1) is 20.3. The molecule has 2 heterocycles. The summed E-state index contributed by atoms with van der Waals surface area (Å²) in [5, 5.41) is 0. The Kier molecular flexibility index (Phi) is 8.12. The first-order valence-electron chi connectivity index (χ1n) is 9.78. The van der Waals surface area contributed by atoms with E-state index in [2.05, 4.69) is 50.2 Å². The van der Waals surface area contributed by atoms with Crippen molar-refractivity contribution >= 4 is 40.2 Å². The molecular weight excluding hydrogens is 419 g/mol. The fraction of sp³-hybridized carbons (Fsp3) is 0.750. The van der Waals surface area contributed by atoms with E-state index >= 15 is 0 Å². The molecule has 0 bridgehead atoms. The molecule has 0 spiro atoms. The van der Waals surface area contributed by atoms with Crippen molar-refractivity contribution in [1.29, 1.82) is 0 Å². The van der Waals surface area contributed by atoms with Gasteiger partial charge in [-0.15, -0.1) is 0 Å². The predicted molar refractivity (Wildman–Crippen MR) is 109 cm³/mol. The topological polar surface area (TPSA) is 17.3 Å². The van der Waals surface area contributed by atoms with E-state index in [4.69, 9.17) is 0 Å². The molecule has 134 valence electrons. The summed E-state index contributed by atoms with van der Waals surface area (Å²) in [4.78, 5) is 6.02. The van der Waals surface area contributed by atoms with Gasteiger partial charge in [0.1, 0.15) is 0 Å². The first-order chi connectivity index (χ1) is 11.5. The number of aromatic nitrogens is 2. The number of hydrogen-bond acceptors (Lipinski definition) is 2. The Bertz CT molecular complexity index is 573. The van der Waals surface area contributed by atoms with Crippen molar-refractivity contribution in [1.82, 2.24) is 9.38 Å². The Morgan fingerprint density at radius 1 is 1.00 bits per heavy atom. The zero-order valence-electron chi connectivity index (χ0n) is 16.2. The summed E-state index contributed by atoms with van der Waals surface area (Å²) < 4.78 is 4.76. The average molecular weight is 453 g/mol. The normalized spacial score (nSPS) is 12.4. The van der Waals surface area contributed by atoms with Gasteiger partial charge in [0.05, 0.1) is 0 Å². The molecule has 2 aromatic heterocycles. The minimum atomic E-state index is -0.597. The van der Waals surface area contributed by atoms with Crippen LogP contribution in [0, 0.1) is 13.8 Å². The third-order valence-electron chi connectivity index (χ3n) is 5.07. The predicted octanol–water partition coefficient (Wildman–Crippen LogP) is 6.07. The molecule has 0 aliphatic carbocycles. The van der Waals surface area contributed by atoms with Gasteiger partial charge in [0.15, 0.2) is 0 Å². The summed E-state index contributed by atoms with van der Waals surface area (Å²) in [6.07, 6.45) is 15.1. The first-order valence-corrected chi connectivity index (χ1v) is 13.5. The maximum absolute atomic E-state index is 4.63. The number of aryl methyl sites for hydroxylation is 2. The molecule has 0 aromatic carbocycles. The van der Waals surface area contributed by atoms with Crippen molar-refractivity contribution in [3.63, 3.8) is 0 Å². The van der Waals surface area contributed by atoms with Crippen LogP contribution in [0.15, 0.2) is 6.20 Å². The third kappa shape index (κ3) is 5.00. The van der Waals surface area contributed by atoms with E-state index < -0.39 is 21.1 Å². The Morgan fingerprint density at radius 2 is 1.54 bits per heavy atom. The summed E-state index contributed by atoms with van der Waals surface area (Å²) in [6, 6.07) is 0. The molecule has 2 rings (SSSR count). The van der Waals surface area contributed by atoms with Crippen LogP contribution >= 0.6 is 11.3 Å². The van der Waals surface area contributed by atoms with Gasteiger partial charge in [0, 0.05) is 0 Å². The summed E-state index contributed by atoms with van der Waals surface area (Å²) in [7, 11) is 0. The zero-order valence-corrected chi connectivity index (χ0v) is 19.9. The van der Waals surface area contributed by atoms with Crippen LogP contribution in [0.2, 0.25) is 3.43 Å². The molecule has 0 saturated carbocycles. The van der Waals surface area contributed by atoms with Crippen LogP contribution < -0.4 is 2.89 Å². The van der Waals surface area contributed by atoms with Crippen molar-refractivity contribution in [3.8, 4) is 0 Å². The van der Waals surface area contributed by atoms with Crippen molar-refractivity contribution in [2.24, 2.45) is 0 Å². The Morgan fingerprint density at radius 3 is 2.00 bits per heavy atom. The molecule has 0 amide bonds. The Hall–Kier alpha value is -0.0313. The van der Waals surface area contributed by atoms with Gasteiger partial charge in [-0.2, -0.15) is 0 Å². The standard InChI is InChI=1S/C13H27.C7H7N2S.Sn/c1-4-7-10-13(11-8-5-2)12-9-6-3;1-5-7-9(3-4-10-7)6(2)8-5;/h4-12H2,1-3H3;3H,1-2H3;. The molecule has 2 aromatic rings. The third-order valence-corrected chi connectivity index (χ3v) is 12.4. The molecule has 0 saturated heterocycles. The second-order valence-electron chi connectivity index (χ2n) is 7.23. The fourth-order valence-electron chi connectivity index (χ4n) is 3.62. The van der Waals surface area contributed by atoms with E-state index in [9.17, 15) is 0 Å². The second-order valence-corrected chi connectivity index (χ2v) is 14.6. The fourth-order valence-corrected chi connectivity index (χ4v) is 11.9. The Balaban J connectivity index is 2.26. The van der Waals surface area contributed by atoms with Gasteiger partial charge in [-0.05, 0) is 0 Å². The molecule has 0 aliphatic heterocycles. The van der Waals surface area contributed by atoms with Crippen molar-refractivity contribution in [2.75, 3.05) is 0 Å². The van der Waals surface area contributed by atoms with Crippen LogP contribution in [-0.4, -0.2) is 30.5 Å². The number of imidazole rings is 1. The van der Waals surface area contributed by atoms with Gasteiger partial charge in [-0.25, -0.2) is 0 Å². The number of unbranched alkanes of at least 4 members (excludes halogenated alkanes) is 3. The van der Waals surface area contributed by atoms with Crippen LogP contribution in [0.5, 0.6) is 0 Å². The summed E-state index contributed by atoms with van der Waals surface area (Å²) in [6.45, 7) is 11.3. The van der Waals surface area contributed by atoms with Crippen molar-refractivity contribution in [2.45, 2.75) is 95.8 Å². The number of hydrogen-bond donors (Lipinski definition) is 0. The number of rotatable bonds is 11. The minimum absolute atomic E-state index is 0.597. The Labute approximate surface area is 162 Å². The van der Waals surface area contributed by atoms with E-state index in [0.29, 0.717) is 3.43 Å². The molecule has 0 atom stereocenters. The summed E-state index contributed by atoms with van der Waals surface area (Å²) in [5.41, 5.74) is 1.21. The van der Waals surface area contributed by atoms with Crippen molar-refractivity contribution < 1.29 is 0 Å². The van der Waals surface area contributed by atoms with Crippen LogP contribution in [-0.2, 0) is 0 Å². The van der Waals surface area contributed by atoms with Gasteiger partial charge < -0.3 is 0 Å². The van der Waals surface area contributed by atoms with E-state index in [1.165, 1.54) is 68.3 Å². The number of fused-ring (bicyclic) bond motifs is 1. The van der Waals surface area contributed by atoms with E-state index in [0.717, 1.165) is 5.82 Å². The summed E-state index contributed by atoms with van der Waals surface area (Å²) in [5.74, 6) is 1.16. The van der Waals surface area contributed by atoms with Gasteiger partial charge in [0.2, 0.25) is 0 Å². The molecule has 0 N–H and O–H groups in total. The molecule has 24 heavy (non-hydrogen) atoms. The van der Waals surface area contributed by atoms with Gasteiger partial charge in [0.25, 0.3) is 0 Å². The number of thiazole rings is 1. The van der Waals surface area contributed by atoms with E-state index in [1.54, 1.807) is 2.89 Å². The summed E-state index contributed by atoms with van der Waals surface area (Å²) >= 11 is 1.45. The van der Waals surface area contributed by atoms with Gasteiger partial charge in [-0.3, -0.25) is 0 Å². The number of nitrogens with zero attached hydrogens (tertiary/aromatic N) is 2. The molecular formula is C20H34N2SSn. The maximum atomic E-state index is 4.63. The molecule has 0 aliphatic rings. The molecule has 2 nitrogen and oxygen atoms in total. The average Bonchev–Trinajstić information content (AvgIpc) is 3.10. The molecule has 2 radical (unpaired) electrons. The van der Waals surface area contributed by atoms with Crippen molar-refractivity contribution in [3.05, 3.63) is 17.7 Å².